The van der Waals surface area contributed by atoms with E-state index in [0.29, 0.717) is 16.9 Å². The molecule has 0 unspecified atom stereocenters. The molecule has 0 aliphatic carbocycles. The normalized spacial score (nSPS) is 13.8. The van der Waals surface area contributed by atoms with E-state index in [1.54, 1.807) is 36.4 Å². The Balaban J connectivity index is 1.37. The van der Waals surface area contributed by atoms with Crippen LogP contribution in [0.5, 0.6) is 5.75 Å². The number of aromatic hydroxyl groups is 1. The molecule has 0 saturated heterocycles. The smallest absolute Gasteiger partial charge is 0.408 e. The average molecular weight is 866 g/mol. The molecule has 4 rings (SSSR count). The molecule has 0 fully saturated rings. The van der Waals surface area contributed by atoms with Crippen molar-refractivity contribution < 1.29 is 63.2 Å². The Morgan fingerprint density at radius 3 is 2.10 bits per heavy atom. The summed E-state index contributed by atoms with van der Waals surface area (Å²) in [5, 5.41) is 40.4. The largest absolute Gasteiger partial charge is 0.508 e. The summed E-state index contributed by atoms with van der Waals surface area (Å²) in [7, 11) is 0. The summed E-state index contributed by atoms with van der Waals surface area (Å²) in [6, 6.07) is 11.3. The lowest BCUT2D eigenvalue weighted by atomic mass is 10.0. The third-order valence-electron chi connectivity index (χ3n) is 9.37. The van der Waals surface area contributed by atoms with Crippen LogP contribution in [-0.4, -0.2) is 111 Å². The van der Waals surface area contributed by atoms with Gasteiger partial charge in [0.1, 0.15) is 36.5 Å². The summed E-state index contributed by atoms with van der Waals surface area (Å²) in [5.74, 6) is -7.02. The summed E-state index contributed by atoms with van der Waals surface area (Å²) < 4.78 is 5.10. The van der Waals surface area contributed by atoms with Crippen molar-refractivity contribution in [3.05, 3.63) is 87.1 Å². The molecule has 7 amide bonds. The van der Waals surface area contributed by atoms with Crippen LogP contribution in [0.1, 0.15) is 63.8 Å². The minimum atomic E-state index is -1.34. The molecule has 0 spiro atoms. The number of alkyl carbamates (subject to hydrolysis) is 1. The molecule has 3 aromatic rings. The van der Waals surface area contributed by atoms with E-state index in [0.717, 1.165) is 22.5 Å². The highest BCUT2D eigenvalue weighted by Gasteiger charge is 2.32. The Labute approximate surface area is 353 Å². The number of carboxylic acids is 2. The first-order valence-electron chi connectivity index (χ1n) is 19.1. The summed E-state index contributed by atoms with van der Waals surface area (Å²) in [6.07, 6.45) is -2.12. The molecule has 4 atom stereocenters. The maximum Gasteiger partial charge on any atom is 0.408 e. The Bertz CT molecular complexity index is 2090. The molecular formula is C40H47N7O13S. The first-order chi connectivity index (χ1) is 29.0. The van der Waals surface area contributed by atoms with Crippen LogP contribution in [-0.2, 0) is 64.3 Å². The van der Waals surface area contributed by atoms with Gasteiger partial charge in [0, 0.05) is 30.7 Å². The van der Waals surface area contributed by atoms with Crippen molar-refractivity contribution in [1.29, 1.82) is 0 Å². The van der Waals surface area contributed by atoms with Crippen LogP contribution < -0.4 is 32.3 Å². The van der Waals surface area contributed by atoms with E-state index >= 15 is 0 Å². The maximum atomic E-state index is 13.7. The van der Waals surface area contributed by atoms with E-state index in [2.05, 4.69) is 26.6 Å². The van der Waals surface area contributed by atoms with Crippen molar-refractivity contribution in [2.75, 3.05) is 13.1 Å². The van der Waals surface area contributed by atoms with E-state index in [4.69, 9.17) is 15.6 Å². The molecular weight excluding hydrogens is 819 g/mol. The van der Waals surface area contributed by atoms with Gasteiger partial charge in [0.15, 0.2) is 0 Å². The number of phenols is 1. The van der Waals surface area contributed by atoms with Crippen LogP contribution in [0.2, 0.25) is 0 Å². The number of phenolic OH excluding ortho intramolecular Hbond substituents is 1. The molecule has 2 heterocycles. The molecule has 0 radical (unpaired) electrons. The van der Waals surface area contributed by atoms with Gasteiger partial charge in [0.05, 0.1) is 18.0 Å². The van der Waals surface area contributed by atoms with Gasteiger partial charge in [-0.25, -0.2) is 4.79 Å². The summed E-state index contributed by atoms with van der Waals surface area (Å²) in [6.45, 7) is 0.918. The highest BCUT2D eigenvalue weighted by molar-refractivity contribution is 7.14. The number of fused-ring (bicyclic) bond motifs is 1. The second-order valence-corrected chi connectivity index (χ2v) is 15.2. The van der Waals surface area contributed by atoms with Crippen molar-refractivity contribution in [1.82, 2.24) is 31.5 Å². The van der Waals surface area contributed by atoms with Crippen LogP contribution in [0, 0.1) is 0 Å². The standard InChI is InChI=1S/C40H47N7O13S/c1-22(43-40(59)60-21-24-5-3-2-4-6-24)36(55)42-19-32(49)44-28(12-14-34(52)53)39(58)47-16-15-25-18-30(61-31(25)20-47)38(57)46-29(17-23-7-9-26(48)10-8-23)37(56)45-27(35(41)54)11-13-33(50)51/h2-10,18,22,27-29,48H,11-17,19-21H2,1H3,(H2,41,54)(H,42,55)(H,43,59)(H,44,49)(H,45,56)(H,46,57)(H,50,51)(H,52,53)/t22-,27-,28-,29-/m0/s1. The number of thiophene rings is 1. The molecule has 20 nitrogen and oxygen atoms in total. The third kappa shape index (κ3) is 14.9. The molecule has 2 aromatic carbocycles. The van der Waals surface area contributed by atoms with Gasteiger partial charge in [-0.2, -0.15) is 0 Å². The molecule has 326 valence electrons. The second-order valence-electron chi connectivity index (χ2n) is 14.1. The number of carboxylic acid groups (broad SMARTS) is 2. The summed E-state index contributed by atoms with van der Waals surface area (Å²) >= 11 is 1.04. The van der Waals surface area contributed by atoms with Gasteiger partial charge in [-0.15, -0.1) is 11.3 Å². The number of hydrogen-bond donors (Lipinski definition) is 9. The van der Waals surface area contributed by atoms with Crippen LogP contribution in [0.4, 0.5) is 4.79 Å². The number of amides is 7. The first-order valence-corrected chi connectivity index (χ1v) is 19.9. The quantitative estimate of drug-likeness (QED) is 0.0697. The van der Waals surface area contributed by atoms with Crippen molar-refractivity contribution in [2.24, 2.45) is 5.73 Å². The number of nitrogens with zero attached hydrogens (tertiary/aromatic N) is 1. The van der Waals surface area contributed by atoms with Gasteiger partial charge in [-0.05, 0) is 61.1 Å². The van der Waals surface area contributed by atoms with Crippen LogP contribution in [0.15, 0.2) is 60.7 Å². The van der Waals surface area contributed by atoms with Crippen LogP contribution in [0.25, 0.3) is 0 Å². The maximum absolute atomic E-state index is 13.7. The predicted octanol–water partition coefficient (Wildman–Crippen LogP) is 0.295. The van der Waals surface area contributed by atoms with Gasteiger partial charge in [0.25, 0.3) is 5.91 Å². The molecule has 0 saturated carbocycles. The number of carbonyl (C=O) groups is 9. The molecule has 0 bridgehead atoms. The van der Waals surface area contributed by atoms with Gasteiger partial charge in [-0.1, -0.05) is 42.5 Å². The number of primary amides is 1. The third-order valence-corrected chi connectivity index (χ3v) is 10.5. The monoisotopic (exact) mass is 865 g/mol. The number of nitrogens with one attached hydrogen (secondary N) is 5. The van der Waals surface area contributed by atoms with Gasteiger partial charge < -0.3 is 57.3 Å². The van der Waals surface area contributed by atoms with Crippen LogP contribution >= 0.6 is 11.3 Å². The van der Waals surface area contributed by atoms with E-state index in [9.17, 15) is 53.4 Å². The fourth-order valence-corrected chi connectivity index (χ4v) is 7.20. The number of ether oxygens (including phenoxy) is 1. The number of rotatable bonds is 21. The number of benzene rings is 2. The Hall–Kier alpha value is -7.03. The fourth-order valence-electron chi connectivity index (χ4n) is 6.07. The van der Waals surface area contributed by atoms with Crippen LogP contribution in [0.3, 0.4) is 0 Å². The number of carbonyl (C=O) groups excluding carboxylic acids is 7. The minimum Gasteiger partial charge on any atom is -0.508 e. The first kappa shape index (κ1) is 46.7. The number of aliphatic carboxylic acids is 2. The van der Waals surface area contributed by atoms with Crippen molar-refractivity contribution in [3.63, 3.8) is 0 Å². The zero-order chi connectivity index (χ0) is 44.6. The lowest BCUT2D eigenvalue weighted by Crippen LogP contribution is -2.53. The second kappa shape index (κ2) is 22.4. The van der Waals surface area contributed by atoms with Crippen molar-refractivity contribution in [2.45, 2.75) is 82.8 Å². The SMILES string of the molecule is C[C@H](NC(=O)OCc1ccccc1)C(=O)NCC(=O)N[C@@H](CCC(=O)O)C(=O)N1CCc2cc(C(=O)N[C@@H](Cc3ccc(O)cc3)C(=O)N[C@@H](CCC(=O)O)C(N)=O)sc2C1. The Morgan fingerprint density at radius 2 is 1.46 bits per heavy atom. The topological polar surface area (TPSA) is 313 Å². The lowest BCUT2D eigenvalue weighted by Gasteiger charge is -2.30. The van der Waals surface area contributed by atoms with Gasteiger partial charge in [-0.3, -0.25) is 38.4 Å². The lowest BCUT2D eigenvalue weighted by molar-refractivity contribution is -0.140. The fraction of sp³-hybridized carbons (Fsp3) is 0.375. The zero-order valence-electron chi connectivity index (χ0n) is 33.0. The van der Waals surface area contributed by atoms with Crippen molar-refractivity contribution in [3.8, 4) is 5.75 Å². The van der Waals surface area contributed by atoms with Gasteiger partial charge in [0.2, 0.25) is 29.5 Å². The zero-order valence-corrected chi connectivity index (χ0v) is 33.8. The predicted molar refractivity (Wildman–Crippen MR) is 216 cm³/mol. The summed E-state index contributed by atoms with van der Waals surface area (Å²) in [5.41, 5.74) is 7.41. The highest BCUT2D eigenvalue weighted by atomic mass is 32.1. The van der Waals surface area contributed by atoms with E-state index in [1.807, 2.05) is 0 Å². The molecule has 21 heteroatoms. The molecule has 1 aliphatic rings. The molecule has 10 N–H and O–H groups in total. The molecule has 1 aliphatic heterocycles. The van der Waals surface area contributed by atoms with E-state index < -0.39 is 97.0 Å². The summed E-state index contributed by atoms with van der Waals surface area (Å²) in [4.78, 5) is 115. The van der Waals surface area contributed by atoms with Gasteiger partial charge >= 0.3 is 18.0 Å². The minimum absolute atomic E-state index is 0.00708. The highest BCUT2D eigenvalue weighted by Crippen LogP contribution is 2.29. The number of nitrogens with two attached hydrogens (primary N) is 1. The average Bonchev–Trinajstić information content (AvgIpc) is 3.66. The van der Waals surface area contributed by atoms with E-state index in [1.165, 1.54) is 36.1 Å². The number of hydrogen-bond acceptors (Lipinski definition) is 12. The van der Waals surface area contributed by atoms with E-state index in [-0.39, 0.29) is 49.6 Å². The molecule has 1 aromatic heterocycles. The molecule has 61 heavy (non-hydrogen) atoms. The Morgan fingerprint density at radius 1 is 0.803 bits per heavy atom. The Kier molecular flexibility index (Phi) is 17.1. The van der Waals surface area contributed by atoms with Crippen molar-refractivity contribution >= 4 is 64.8 Å².